The first kappa shape index (κ1) is 30.3. The number of amides is 4. The number of carbonyl (C=O) groups excluding carboxylic acids is 3. The van der Waals surface area contributed by atoms with Crippen LogP contribution in [0.15, 0.2) is 108 Å². The van der Waals surface area contributed by atoms with Gasteiger partial charge in [-0.15, -0.1) is 0 Å². The van der Waals surface area contributed by atoms with Gasteiger partial charge in [-0.05, 0) is 102 Å². The number of rotatable bonds is 8. The first-order valence-electron chi connectivity index (χ1n) is 12.8. The average Bonchev–Trinajstić information content (AvgIpc) is 2.98. The summed E-state index contributed by atoms with van der Waals surface area (Å²) in [4.78, 5) is 42.7. The zero-order valence-corrected chi connectivity index (χ0v) is 26.2. The van der Waals surface area contributed by atoms with Gasteiger partial charge in [0.15, 0.2) is 11.5 Å². The van der Waals surface area contributed by atoms with Gasteiger partial charge in [0.1, 0.15) is 10.5 Å². The molecule has 0 bridgehead atoms. The van der Waals surface area contributed by atoms with E-state index in [1.54, 1.807) is 73.7 Å². The van der Waals surface area contributed by atoms with Crippen LogP contribution in [0.2, 0.25) is 5.02 Å². The van der Waals surface area contributed by atoms with Gasteiger partial charge in [0, 0.05) is 5.02 Å². The van der Waals surface area contributed by atoms with Crippen LogP contribution in [-0.2, 0) is 19.7 Å². The highest BCUT2D eigenvalue weighted by atomic mass is 127. The van der Waals surface area contributed by atoms with E-state index >= 15 is 0 Å². The number of nitrogens with zero attached hydrogens (tertiary/aromatic N) is 2. The fourth-order valence-corrected chi connectivity index (χ4v) is 6.25. The van der Waals surface area contributed by atoms with Crippen molar-refractivity contribution in [2.45, 2.75) is 11.8 Å². The fraction of sp³-hybridized carbons (Fsp3) is 0.0645. The molecule has 12 heteroatoms. The maximum Gasteiger partial charge on any atom is 0.343 e. The third kappa shape index (κ3) is 6.28. The standard InChI is InChI=1S/C31H22ClIN2O7S/c1-2-41-27-19-20(18-26(33)28(27)42-43(39,40)24-15-13-21(32)14-16-24)17-25-29(36)34(22-9-5-3-6-10-22)31(38)35(30(25)37)23-11-7-4-8-12-23/h3-19H,2H2,1H3. The molecule has 4 aromatic rings. The second-order valence-electron chi connectivity index (χ2n) is 9.05. The average molecular weight is 729 g/mol. The molecule has 0 atom stereocenters. The number of barbiturate groups is 1. The van der Waals surface area contributed by atoms with Crippen LogP contribution in [0.5, 0.6) is 11.5 Å². The molecule has 4 aromatic carbocycles. The lowest BCUT2D eigenvalue weighted by molar-refractivity contribution is -0.121. The lowest BCUT2D eigenvalue weighted by atomic mass is 10.0. The summed E-state index contributed by atoms with van der Waals surface area (Å²) in [7, 11) is -4.25. The lowest BCUT2D eigenvalue weighted by Gasteiger charge is -2.34. The third-order valence-electron chi connectivity index (χ3n) is 6.22. The van der Waals surface area contributed by atoms with Crippen LogP contribution in [-0.4, -0.2) is 32.9 Å². The predicted octanol–water partition coefficient (Wildman–Crippen LogP) is 6.69. The van der Waals surface area contributed by atoms with Crippen molar-refractivity contribution >= 4 is 79.6 Å². The maximum atomic E-state index is 13.7. The molecule has 0 unspecified atom stereocenters. The molecular weight excluding hydrogens is 707 g/mol. The molecule has 1 fully saturated rings. The van der Waals surface area contributed by atoms with Gasteiger partial charge >= 0.3 is 16.1 Å². The number of hydrogen-bond acceptors (Lipinski definition) is 7. The monoisotopic (exact) mass is 728 g/mol. The Morgan fingerprint density at radius 1 is 0.814 bits per heavy atom. The minimum Gasteiger partial charge on any atom is -0.490 e. The van der Waals surface area contributed by atoms with Crippen molar-refractivity contribution < 1.29 is 31.7 Å². The van der Waals surface area contributed by atoms with E-state index in [0.717, 1.165) is 9.80 Å². The second-order valence-corrected chi connectivity index (χ2v) is 12.2. The van der Waals surface area contributed by atoms with E-state index in [1.807, 2.05) is 22.6 Å². The van der Waals surface area contributed by atoms with E-state index in [9.17, 15) is 22.8 Å². The van der Waals surface area contributed by atoms with Crippen molar-refractivity contribution in [2.75, 3.05) is 16.4 Å². The minimum atomic E-state index is -4.25. The van der Waals surface area contributed by atoms with Crippen molar-refractivity contribution in [3.63, 3.8) is 0 Å². The molecule has 0 aromatic heterocycles. The van der Waals surface area contributed by atoms with E-state index < -0.39 is 28.0 Å². The molecule has 4 amide bonds. The number of carbonyl (C=O) groups is 3. The summed E-state index contributed by atoms with van der Waals surface area (Å²) < 4.78 is 37.5. The summed E-state index contributed by atoms with van der Waals surface area (Å²) in [5.74, 6) is -1.61. The van der Waals surface area contributed by atoms with Gasteiger partial charge in [-0.1, -0.05) is 48.0 Å². The van der Waals surface area contributed by atoms with Crippen LogP contribution in [0.25, 0.3) is 6.08 Å². The SMILES string of the molecule is CCOc1cc(C=C2C(=O)N(c3ccccc3)C(=O)N(c3ccccc3)C2=O)cc(I)c1OS(=O)(=O)c1ccc(Cl)cc1. The zero-order chi connectivity index (χ0) is 30.7. The second kappa shape index (κ2) is 12.6. The Labute approximate surface area is 266 Å². The number of urea groups is 1. The number of anilines is 2. The van der Waals surface area contributed by atoms with Gasteiger partial charge in [0.05, 0.1) is 21.6 Å². The Morgan fingerprint density at radius 3 is 1.86 bits per heavy atom. The summed E-state index contributed by atoms with van der Waals surface area (Å²) in [6.07, 6.45) is 1.34. The number of halogens is 2. The van der Waals surface area contributed by atoms with E-state index in [0.29, 0.717) is 14.2 Å². The first-order chi connectivity index (χ1) is 20.6. The van der Waals surface area contributed by atoms with Gasteiger partial charge in [-0.2, -0.15) is 8.42 Å². The molecule has 5 rings (SSSR count). The Hall–Kier alpha value is -4.20. The predicted molar refractivity (Wildman–Crippen MR) is 171 cm³/mol. The van der Waals surface area contributed by atoms with Crippen LogP contribution in [0, 0.1) is 3.57 Å². The largest absolute Gasteiger partial charge is 0.490 e. The molecule has 218 valence electrons. The molecule has 0 radical (unpaired) electrons. The van der Waals surface area contributed by atoms with Gasteiger partial charge in [0.2, 0.25) is 0 Å². The molecule has 43 heavy (non-hydrogen) atoms. The molecule has 0 saturated carbocycles. The Morgan fingerprint density at radius 2 is 1.35 bits per heavy atom. The van der Waals surface area contributed by atoms with Crippen LogP contribution >= 0.6 is 34.2 Å². The van der Waals surface area contributed by atoms with Crippen molar-refractivity contribution in [3.8, 4) is 11.5 Å². The number of benzene rings is 4. The Balaban J connectivity index is 1.59. The van der Waals surface area contributed by atoms with E-state index in [2.05, 4.69) is 0 Å². The first-order valence-corrected chi connectivity index (χ1v) is 15.7. The molecule has 1 saturated heterocycles. The van der Waals surface area contributed by atoms with Crippen molar-refractivity contribution in [1.82, 2.24) is 0 Å². The molecule has 0 spiro atoms. The molecule has 1 heterocycles. The molecule has 9 nitrogen and oxygen atoms in total. The van der Waals surface area contributed by atoms with E-state index in [-0.39, 0.29) is 39.9 Å². The Bertz CT molecular complexity index is 1790. The zero-order valence-electron chi connectivity index (χ0n) is 22.4. The van der Waals surface area contributed by atoms with Crippen LogP contribution in [0.1, 0.15) is 12.5 Å². The highest BCUT2D eigenvalue weighted by molar-refractivity contribution is 14.1. The van der Waals surface area contributed by atoms with Gasteiger partial charge in [-0.3, -0.25) is 9.59 Å². The highest BCUT2D eigenvalue weighted by Crippen LogP contribution is 2.38. The molecule has 1 aliphatic heterocycles. The topological polar surface area (TPSA) is 110 Å². The number of hydrogen-bond donors (Lipinski definition) is 0. The van der Waals surface area contributed by atoms with Crippen molar-refractivity contribution in [2.24, 2.45) is 0 Å². The van der Waals surface area contributed by atoms with Gasteiger partial charge < -0.3 is 8.92 Å². The number of ether oxygens (including phenoxy) is 1. The van der Waals surface area contributed by atoms with E-state index in [1.165, 1.54) is 36.4 Å². The summed E-state index contributed by atoms with van der Waals surface area (Å²) in [6, 6.07) is 24.3. The summed E-state index contributed by atoms with van der Waals surface area (Å²) >= 11 is 7.78. The van der Waals surface area contributed by atoms with Crippen LogP contribution in [0.4, 0.5) is 16.2 Å². The molecule has 0 N–H and O–H groups in total. The van der Waals surface area contributed by atoms with Crippen LogP contribution in [0.3, 0.4) is 0 Å². The van der Waals surface area contributed by atoms with Crippen LogP contribution < -0.4 is 18.7 Å². The lowest BCUT2D eigenvalue weighted by Crippen LogP contribution is -2.57. The minimum absolute atomic E-state index is 0.0622. The summed E-state index contributed by atoms with van der Waals surface area (Å²) in [5.41, 5.74) is 0.638. The third-order valence-corrected chi connectivity index (χ3v) is 8.51. The maximum absolute atomic E-state index is 13.7. The fourth-order valence-electron chi connectivity index (χ4n) is 4.28. The smallest absolute Gasteiger partial charge is 0.343 e. The molecule has 1 aliphatic rings. The van der Waals surface area contributed by atoms with E-state index in [4.69, 9.17) is 20.5 Å². The number of para-hydroxylation sites is 2. The van der Waals surface area contributed by atoms with Crippen molar-refractivity contribution in [3.05, 3.63) is 117 Å². The normalized spacial score (nSPS) is 13.7. The summed E-state index contributed by atoms with van der Waals surface area (Å²) in [6.45, 7) is 1.88. The quantitative estimate of drug-likeness (QED) is 0.0861. The Kier molecular flexibility index (Phi) is 8.85. The van der Waals surface area contributed by atoms with Crippen molar-refractivity contribution in [1.29, 1.82) is 0 Å². The summed E-state index contributed by atoms with van der Waals surface area (Å²) in [5, 5.41) is 0.367. The van der Waals surface area contributed by atoms with Gasteiger partial charge in [0.25, 0.3) is 11.8 Å². The number of imide groups is 2. The van der Waals surface area contributed by atoms with Gasteiger partial charge in [-0.25, -0.2) is 14.6 Å². The molecular formula is C31H22ClIN2O7S. The molecule has 0 aliphatic carbocycles. The highest BCUT2D eigenvalue weighted by Gasteiger charge is 2.43.